The highest BCUT2D eigenvalue weighted by atomic mass is 16.4. The fourth-order valence-corrected chi connectivity index (χ4v) is 2.36. The number of para-hydroxylation sites is 1. The summed E-state index contributed by atoms with van der Waals surface area (Å²) in [4.78, 5) is 24.9. The lowest BCUT2D eigenvalue weighted by Crippen LogP contribution is -2.43. The molecule has 5 nitrogen and oxygen atoms in total. The van der Waals surface area contributed by atoms with Crippen LogP contribution in [0.25, 0.3) is 0 Å². The van der Waals surface area contributed by atoms with Gasteiger partial charge in [-0.2, -0.15) is 0 Å². The smallest absolute Gasteiger partial charge is 0.327 e. The summed E-state index contributed by atoms with van der Waals surface area (Å²) in [5, 5.41) is 9.26. The second-order valence-electron chi connectivity index (χ2n) is 4.97. The number of nitrogens with zero attached hydrogens (tertiary/aromatic N) is 1. The minimum atomic E-state index is -0.967. The van der Waals surface area contributed by atoms with Gasteiger partial charge < -0.3 is 10.8 Å². The van der Waals surface area contributed by atoms with Gasteiger partial charge in [-0.3, -0.25) is 9.69 Å². The van der Waals surface area contributed by atoms with Crippen LogP contribution in [0.15, 0.2) is 24.3 Å². The monoisotopic (exact) mass is 262 g/mol. The van der Waals surface area contributed by atoms with Crippen LogP contribution in [-0.4, -0.2) is 29.1 Å². The van der Waals surface area contributed by atoms with Crippen LogP contribution in [0, 0.1) is 0 Å². The van der Waals surface area contributed by atoms with Crippen LogP contribution >= 0.6 is 0 Å². The van der Waals surface area contributed by atoms with Gasteiger partial charge in [-0.1, -0.05) is 18.2 Å². The van der Waals surface area contributed by atoms with E-state index in [0.29, 0.717) is 18.5 Å². The lowest BCUT2D eigenvalue weighted by molar-refractivity contribution is -0.139. The molecule has 19 heavy (non-hydrogen) atoms. The molecule has 102 valence electrons. The quantitative estimate of drug-likeness (QED) is 0.852. The highest BCUT2D eigenvalue weighted by Gasteiger charge is 2.37. The Bertz CT molecular complexity index is 499. The number of hydrogen-bond acceptors (Lipinski definition) is 3. The van der Waals surface area contributed by atoms with Crippen LogP contribution < -0.4 is 10.6 Å². The molecule has 0 radical (unpaired) electrons. The SMILES string of the molecule is CC(N)CCC(=O)N1c2ccccc2CC1C(=O)O. The van der Waals surface area contributed by atoms with Crippen molar-refractivity contribution < 1.29 is 14.7 Å². The topological polar surface area (TPSA) is 83.6 Å². The fourth-order valence-electron chi connectivity index (χ4n) is 2.36. The van der Waals surface area contributed by atoms with Crippen LogP contribution in [0.1, 0.15) is 25.3 Å². The molecule has 1 heterocycles. The molecule has 0 bridgehead atoms. The van der Waals surface area contributed by atoms with E-state index in [1.807, 2.05) is 25.1 Å². The Labute approximate surface area is 112 Å². The zero-order valence-electron chi connectivity index (χ0n) is 10.9. The van der Waals surface area contributed by atoms with Crippen molar-refractivity contribution in [3.63, 3.8) is 0 Å². The molecule has 1 aromatic carbocycles. The summed E-state index contributed by atoms with van der Waals surface area (Å²) in [6.45, 7) is 1.83. The fraction of sp³-hybridized carbons (Fsp3) is 0.429. The second-order valence-corrected chi connectivity index (χ2v) is 4.97. The van der Waals surface area contributed by atoms with Crippen LogP contribution in [0.5, 0.6) is 0 Å². The largest absolute Gasteiger partial charge is 0.480 e. The molecule has 0 fully saturated rings. The van der Waals surface area contributed by atoms with E-state index in [2.05, 4.69) is 0 Å². The van der Waals surface area contributed by atoms with Crippen molar-refractivity contribution in [3.05, 3.63) is 29.8 Å². The zero-order chi connectivity index (χ0) is 14.0. The lowest BCUT2D eigenvalue weighted by Gasteiger charge is -2.23. The first-order chi connectivity index (χ1) is 9.00. The molecule has 0 aromatic heterocycles. The van der Waals surface area contributed by atoms with Gasteiger partial charge in [0.05, 0.1) is 0 Å². The van der Waals surface area contributed by atoms with Crippen LogP contribution in [0.3, 0.4) is 0 Å². The summed E-state index contributed by atoms with van der Waals surface area (Å²) in [5.41, 5.74) is 7.26. The first-order valence-electron chi connectivity index (χ1n) is 6.39. The minimum Gasteiger partial charge on any atom is -0.480 e. The number of amides is 1. The third-order valence-corrected chi connectivity index (χ3v) is 3.34. The van der Waals surface area contributed by atoms with Gasteiger partial charge in [0.15, 0.2) is 0 Å². The van der Waals surface area contributed by atoms with Crippen molar-refractivity contribution in [1.82, 2.24) is 0 Å². The number of carboxylic acid groups (broad SMARTS) is 1. The Hall–Kier alpha value is -1.88. The number of carbonyl (C=O) groups excluding carboxylic acids is 1. The summed E-state index contributed by atoms with van der Waals surface area (Å²) >= 11 is 0. The molecule has 0 saturated heterocycles. The Kier molecular flexibility index (Phi) is 3.85. The Balaban J connectivity index is 2.24. The average molecular weight is 262 g/mol. The van der Waals surface area contributed by atoms with Crippen molar-refractivity contribution in [2.24, 2.45) is 5.73 Å². The predicted octanol–water partition coefficient (Wildman–Crippen LogP) is 1.16. The molecule has 0 aliphatic carbocycles. The van der Waals surface area contributed by atoms with E-state index < -0.39 is 12.0 Å². The number of nitrogens with two attached hydrogens (primary N) is 1. The third kappa shape index (κ3) is 2.76. The molecule has 2 atom stereocenters. The number of aliphatic carboxylic acids is 1. The number of benzene rings is 1. The van der Waals surface area contributed by atoms with E-state index in [-0.39, 0.29) is 18.4 Å². The Morgan fingerprint density at radius 2 is 2.16 bits per heavy atom. The summed E-state index contributed by atoms with van der Waals surface area (Å²) in [6, 6.07) is 6.47. The first-order valence-corrected chi connectivity index (χ1v) is 6.39. The van der Waals surface area contributed by atoms with Gasteiger partial charge in [-0.15, -0.1) is 0 Å². The zero-order valence-corrected chi connectivity index (χ0v) is 10.9. The van der Waals surface area contributed by atoms with Crippen LogP contribution in [0.4, 0.5) is 5.69 Å². The van der Waals surface area contributed by atoms with E-state index in [9.17, 15) is 14.7 Å². The molecule has 1 aromatic rings. The number of carbonyl (C=O) groups is 2. The van der Waals surface area contributed by atoms with Gasteiger partial charge in [-0.05, 0) is 25.0 Å². The number of anilines is 1. The molecule has 0 saturated carbocycles. The predicted molar refractivity (Wildman–Crippen MR) is 71.9 cm³/mol. The van der Waals surface area contributed by atoms with Gasteiger partial charge >= 0.3 is 5.97 Å². The van der Waals surface area contributed by atoms with Gasteiger partial charge in [0.2, 0.25) is 5.91 Å². The number of fused-ring (bicyclic) bond motifs is 1. The Morgan fingerprint density at radius 1 is 1.47 bits per heavy atom. The van der Waals surface area contributed by atoms with Crippen molar-refractivity contribution in [3.8, 4) is 0 Å². The van der Waals surface area contributed by atoms with Crippen LogP contribution in [0.2, 0.25) is 0 Å². The maximum absolute atomic E-state index is 12.2. The number of carboxylic acids is 1. The normalized spacial score (nSPS) is 19.1. The van der Waals surface area contributed by atoms with E-state index in [0.717, 1.165) is 5.56 Å². The van der Waals surface area contributed by atoms with Crippen molar-refractivity contribution in [2.45, 2.75) is 38.3 Å². The minimum absolute atomic E-state index is 0.0647. The van der Waals surface area contributed by atoms with E-state index >= 15 is 0 Å². The molecule has 1 amide bonds. The lowest BCUT2D eigenvalue weighted by atomic mass is 10.1. The molecular weight excluding hydrogens is 244 g/mol. The van der Waals surface area contributed by atoms with Crippen molar-refractivity contribution >= 4 is 17.6 Å². The van der Waals surface area contributed by atoms with Crippen molar-refractivity contribution in [1.29, 1.82) is 0 Å². The number of rotatable bonds is 4. The summed E-state index contributed by atoms with van der Waals surface area (Å²) in [5.74, 6) is -1.14. The highest BCUT2D eigenvalue weighted by Crippen LogP contribution is 2.32. The highest BCUT2D eigenvalue weighted by molar-refractivity contribution is 6.01. The first kappa shape index (κ1) is 13.5. The molecule has 5 heteroatoms. The molecule has 1 aliphatic heterocycles. The standard InChI is InChI=1S/C14H18N2O3/c1-9(15)6-7-13(17)16-11-5-3-2-4-10(11)8-12(16)14(18)19/h2-5,9,12H,6-8,15H2,1H3,(H,18,19). The molecule has 2 rings (SSSR count). The summed E-state index contributed by atoms with van der Waals surface area (Å²) in [7, 11) is 0. The molecule has 1 aliphatic rings. The molecule has 2 unspecified atom stereocenters. The van der Waals surface area contributed by atoms with Gasteiger partial charge in [0, 0.05) is 24.6 Å². The number of hydrogen-bond donors (Lipinski definition) is 2. The van der Waals surface area contributed by atoms with Gasteiger partial charge in [0.25, 0.3) is 0 Å². The van der Waals surface area contributed by atoms with E-state index in [4.69, 9.17) is 5.73 Å². The maximum atomic E-state index is 12.2. The molecule has 3 N–H and O–H groups in total. The summed E-state index contributed by atoms with van der Waals surface area (Å²) < 4.78 is 0. The molecule has 0 spiro atoms. The van der Waals surface area contributed by atoms with Gasteiger partial charge in [0.1, 0.15) is 6.04 Å². The van der Waals surface area contributed by atoms with E-state index in [1.54, 1.807) is 6.07 Å². The second kappa shape index (κ2) is 5.40. The molecular formula is C14H18N2O3. The van der Waals surface area contributed by atoms with Crippen molar-refractivity contribution in [2.75, 3.05) is 4.90 Å². The van der Waals surface area contributed by atoms with Crippen LogP contribution in [-0.2, 0) is 16.0 Å². The maximum Gasteiger partial charge on any atom is 0.327 e. The Morgan fingerprint density at radius 3 is 2.79 bits per heavy atom. The third-order valence-electron chi connectivity index (χ3n) is 3.34. The van der Waals surface area contributed by atoms with E-state index in [1.165, 1.54) is 4.90 Å². The average Bonchev–Trinajstić information content (AvgIpc) is 2.75. The van der Waals surface area contributed by atoms with Gasteiger partial charge in [-0.25, -0.2) is 4.79 Å². The summed E-state index contributed by atoms with van der Waals surface area (Å²) in [6.07, 6.45) is 1.20.